The lowest BCUT2D eigenvalue weighted by Gasteiger charge is -2.04. The predicted molar refractivity (Wildman–Crippen MR) is 76.0 cm³/mol. The largest absolute Gasteiger partial charge is 0.143 e. The molecule has 1 aromatic heterocycles. The summed E-state index contributed by atoms with van der Waals surface area (Å²) >= 11 is 8.16. The summed E-state index contributed by atoms with van der Waals surface area (Å²) in [5.74, 6) is 1.38. The van der Waals surface area contributed by atoms with Crippen molar-refractivity contribution < 1.29 is 0 Å². The normalized spacial score (nSPS) is 16.4. The van der Waals surface area contributed by atoms with Gasteiger partial charge in [-0.15, -0.1) is 11.3 Å². The first-order chi connectivity index (χ1) is 7.68. The first kappa shape index (κ1) is 14.1. The van der Waals surface area contributed by atoms with Crippen molar-refractivity contribution in [3.8, 4) is 0 Å². The van der Waals surface area contributed by atoms with Gasteiger partial charge in [-0.1, -0.05) is 52.1 Å². The third kappa shape index (κ3) is 3.24. The zero-order valence-electron chi connectivity index (χ0n) is 10.8. The van der Waals surface area contributed by atoms with Crippen LogP contribution >= 0.6 is 22.9 Å². The van der Waals surface area contributed by atoms with Gasteiger partial charge in [-0.3, -0.25) is 0 Å². The van der Waals surface area contributed by atoms with Crippen LogP contribution in [0.5, 0.6) is 0 Å². The molecule has 16 heavy (non-hydrogen) atoms. The van der Waals surface area contributed by atoms with E-state index in [1.165, 1.54) is 35.4 Å². The van der Waals surface area contributed by atoms with Crippen LogP contribution in [0.15, 0.2) is 6.07 Å². The average molecular weight is 259 g/mol. The maximum absolute atomic E-state index is 6.23. The standard InChI is InChI=1S/C12H17ClS.C2H6/c1-8(2)12-10(13)7-11(14-12)9-5-3-4-6-9;1-2/h7-9H,3-6H2,1-2H3;1-2H3. The molecule has 92 valence electrons. The molecular weight excluding hydrogens is 236 g/mol. The molecule has 0 radical (unpaired) electrons. The van der Waals surface area contributed by atoms with Gasteiger partial charge in [-0.2, -0.15) is 0 Å². The maximum Gasteiger partial charge on any atom is 0.0550 e. The van der Waals surface area contributed by atoms with E-state index in [4.69, 9.17) is 11.6 Å². The van der Waals surface area contributed by atoms with Gasteiger partial charge < -0.3 is 0 Å². The Hall–Kier alpha value is -0.0100. The Morgan fingerprint density at radius 3 is 2.25 bits per heavy atom. The molecule has 1 aromatic rings. The second kappa shape index (κ2) is 6.66. The Balaban J connectivity index is 0.000000606. The molecular formula is C14H23ClS. The van der Waals surface area contributed by atoms with Gasteiger partial charge in [0.15, 0.2) is 0 Å². The van der Waals surface area contributed by atoms with Crippen molar-refractivity contribution >= 4 is 22.9 Å². The van der Waals surface area contributed by atoms with Gasteiger partial charge in [-0.05, 0) is 30.7 Å². The third-order valence-electron chi connectivity index (χ3n) is 3.01. The summed E-state index contributed by atoms with van der Waals surface area (Å²) < 4.78 is 0. The molecule has 2 heteroatoms. The van der Waals surface area contributed by atoms with Crippen LogP contribution in [0.4, 0.5) is 0 Å². The summed E-state index contributed by atoms with van der Waals surface area (Å²) in [5, 5.41) is 0.993. The lowest BCUT2D eigenvalue weighted by Crippen LogP contribution is -1.86. The second-order valence-corrected chi connectivity index (χ2v) is 6.02. The smallest absolute Gasteiger partial charge is 0.0550 e. The van der Waals surface area contributed by atoms with E-state index in [1.54, 1.807) is 0 Å². The predicted octanol–water partition coefficient (Wildman–Crippen LogP) is 6.21. The second-order valence-electron chi connectivity index (χ2n) is 4.50. The fourth-order valence-corrected chi connectivity index (χ4v) is 3.95. The molecule has 0 bridgehead atoms. The quantitative estimate of drug-likeness (QED) is 0.592. The topological polar surface area (TPSA) is 0 Å². The summed E-state index contributed by atoms with van der Waals surface area (Å²) in [5.41, 5.74) is 0. The number of thiophene rings is 1. The SMILES string of the molecule is CC.CC(C)c1sc(C2CCCC2)cc1Cl. The Kier molecular flexibility index (Phi) is 5.85. The van der Waals surface area contributed by atoms with Crippen LogP contribution in [0, 0.1) is 0 Å². The van der Waals surface area contributed by atoms with Crippen LogP contribution in [-0.4, -0.2) is 0 Å². The lowest BCUT2D eigenvalue weighted by molar-refractivity contribution is 0.738. The van der Waals surface area contributed by atoms with Crippen molar-refractivity contribution in [1.29, 1.82) is 0 Å². The van der Waals surface area contributed by atoms with Crippen molar-refractivity contribution in [3.63, 3.8) is 0 Å². The first-order valence-corrected chi connectivity index (χ1v) is 7.67. The number of halogens is 1. The van der Waals surface area contributed by atoms with E-state index in [1.807, 2.05) is 25.2 Å². The van der Waals surface area contributed by atoms with Gasteiger partial charge in [-0.25, -0.2) is 0 Å². The highest BCUT2D eigenvalue weighted by atomic mass is 35.5. The fourth-order valence-electron chi connectivity index (χ4n) is 2.21. The Bertz CT molecular complexity index is 309. The molecule has 0 atom stereocenters. The highest BCUT2D eigenvalue weighted by molar-refractivity contribution is 7.12. The molecule has 0 spiro atoms. The molecule has 0 nitrogen and oxygen atoms in total. The molecule has 0 aliphatic heterocycles. The maximum atomic E-state index is 6.23. The number of hydrogen-bond donors (Lipinski definition) is 0. The molecule has 1 saturated carbocycles. The average Bonchev–Trinajstić information content (AvgIpc) is 2.88. The minimum atomic E-state index is 0.572. The Labute approximate surface area is 109 Å². The van der Waals surface area contributed by atoms with E-state index in [-0.39, 0.29) is 0 Å². The third-order valence-corrected chi connectivity index (χ3v) is 5.04. The summed E-state index contributed by atoms with van der Waals surface area (Å²) in [4.78, 5) is 2.89. The number of rotatable bonds is 2. The molecule has 1 heterocycles. The summed E-state index contributed by atoms with van der Waals surface area (Å²) in [6.45, 7) is 8.44. The molecule has 1 fully saturated rings. The molecule has 1 aliphatic carbocycles. The minimum Gasteiger partial charge on any atom is -0.143 e. The molecule has 0 unspecified atom stereocenters. The van der Waals surface area contributed by atoms with Gasteiger partial charge in [0.1, 0.15) is 0 Å². The molecule has 0 N–H and O–H groups in total. The van der Waals surface area contributed by atoms with Gasteiger partial charge in [0.05, 0.1) is 5.02 Å². The molecule has 0 aromatic carbocycles. The van der Waals surface area contributed by atoms with E-state index in [0.717, 1.165) is 10.9 Å². The van der Waals surface area contributed by atoms with Crippen LogP contribution in [0.25, 0.3) is 0 Å². The monoisotopic (exact) mass is 258 g/mol. The van der Waals surface area contributed by atoms with Gasteiger partial charge in [0.2, 0.25) is 0 Å². The molecule has 0 saturated heterocycles. The molecule has 2 rings (SSSR count). The summed E-state index contributed by atoms with van der Waals surface area (Å²) in [6.07, 6.45) is 5.54. The van der Waals surface area contributed by atoms with Crippen LogP contribution in [-0.2, 0) is 0 Å². The van der Waals surface area contributed by atoms with Gasteiger partial charge in [0, 0.05) is 9.75 Å². The minimum absolute atomic E-state index is 0.572. The van der Waals surface area contributed by atoms with E-state index < -0.39 is 0 Å². The highest BCUT2D eigenvalue weighted by Gasteiger charge is 2.21. The zero-order valence-corrected chi connectivity index (χ0v) is 12.4. The summed E-state index contributed by atoms with van der Waals surface area (Å²) in [7, 11) is 0. The zero-order chi connectivity index (χ0) is 12.1. The highest BCUT2D eigenvalue weighted by Crippen LogP contribution is 2.42. The van der Waals surface area contributed by atoms with Crippen LogP contribution in [0.2, 0.25) is 5.02 Å². The van der Waals surface area contributed by atoms with E-state index in [2.05, 4.69) is 19.9 Å². The fraction of sp³-hybridized carbons (Fsp3) is 0.714. The Morgan fingerprint density at radius 2 is 1.81 bits per heavy atom. The lowest BCUT2D eigenvalue weighted by atomic mass is 10.1. The van der Waals surface area contributed by atoms with Crippen LogP contribution in [0.3, 0.4) is 0 Å². The summed E-state index contributed by atoms with van der Waals surface area (Å²) in [6, 6.07) is 2.21. The van der Waals surface area contributed by atoms with Crippen molar-refractivity contribution in [2.45, 2.75) is 65.2 Å². The van der Waals surface area contributed by atoms with Crippen molar-refractivity contribution in [1.82, 2.24) is 0 Å². The molecule has 1 aliphatic rings. The van der Waals surface area contributed by atoms with E-state index in [0.29, 0.717) is 5.92 Å². The van der Waals surface area contributed by atoms with Crippen molar-refractivity contribution in [3.05, 3.63) is 20.8 Å². The Morgan fingerprint density at radius 1 is 1.25 bits per heavy atom. The van der Waals surface area contributed by atoms with E-state index >= 15 is 0 Å². The van der Waals surface area contributed by atoms with Crippen LogP contribution in [0.1, 0.15) is 75.0 Å². The molecule has 0 amide bonds. The first-order valence-electron chi connectivity index (χ1n) is 6.47. The van der Waals surface area contributed by atoms with Crippen molar-refractivity contribution in [2.75, 3.05) is 0 Å². The van der Waals surface area contributed by atoms with Gasteiger partial charge >= 0.3 is 0 Å². The van der Waals surface area contributed by atoms with Crippen molar-refractivity contribution in [2.24, 2.45) is 0 Å². The van der Waals surface area contributed by atoms with Crippen LogP contribution < -0.4 is 0 Å². The van der Waals surface area contributed by atoms with Gasteiger partial charge in [0.25, 0.3) is 0 Å². The number of hydrogen-bond acceptors (Lipinski definition) is 1. The van der Waals surface area contributed by atoms with E-state index in [9.17, 15) is 0 Å².